The van der Waals surface area contributed by atoms with Crippen molar-refractivity contribution in [2.24, 2.45) is 4.99 Å². The summed E-state index contributed by atoms with van der Waals surface area (Å²) >= 11 is 0. The summed E-state index contributed by atoms with van der Waals surface area (Å²) in [7, 11) is 3.07. The van der Waals surface area contributed by atoms with Crippen molar-refractivity contribution in [2.75, 3.05) is 20.8 Å². The van der Waals surface area contributed by atoms with Crippen LogP contribution in [0.2, 0.25) is 0 Å². The maximum atomic E-state index is 12.6. The van der Waals surface area contributed by atoms with Crippen LogP contribution >= 0.6 is 0 Å². The lowest BCUT2D eigenvalue weighted by Crippen LogP contribution is -2.35. The molecule has 2 aliphatic heterocycles. The second kappa shape index (κ2) is 4.79. The second-order valence-electron chi connectivity index (χ2n) is 4.92. The Morgan fingerprint density at radius 2 is 2.00 bits per heavy atom. The van der Waals surface area contributed by atoms with Crippen LogP contribution in [0.15, 0.2) is 17.1 Å². The fourth-order valence-electron chi connectivity index (χ4n) is 2.69. The van der Waals surface area contributed by atoms with Crippen molar-refractivity contribution in [3.63, 3.8) is 0 Å². The minimum atomic E-state index is -0.489. The van der Waals surface area contributed by atoms with E-state index in [1.54, 1.807) is 30.4 Å². The predicted molar refractivity (Wildman–Crippen MR) is 73.1 cm³/mol. The van der Waals surface area contributed by atoms with Gasteiger partial charge in [0.15, 0.2) is 11.5 Å². The third-order valence-electron chi connectivity index (χ3n) is 3.70. The van der Waals surface area contributed by atoms with Crippen molar-refractivity contribution in [1.82, 2.24) is 4.90 Å². The Labute approximate surface area is 116 Å². The number of aliphatic hydroxyl groups is 1. The molecule has 1 saturated heterocycles. The maximum absolute atomic E-state index is 12.6. The number of ether oxygens (including phenoxy) is 2. The Hall–Kier alpha value is -2.08. The number of rotatable bonds is 2. The number of amides is 1. The number of hydrogen-bond acceptors (Lipinski definition) is 5. The first-order chi connectivity index (χ1) is 9.63. The standard InChI is InChI=1S/C14H16N2O4/c1-19-12-4-10-11(5-13(12)20-2)15-6-8-3-9(17)7-16(8)14(10)18/h4-6,8-9,17H,3,7H2,1-2H3/t8-,9?/m0/s1. The topological polar surface area (TPSA) is 71.4 Å². The molecule has 0 radical (unpaired) electrons. The first-order valence-corrected chi connectivity index (χ1v) is 6.43. The molecule has 1 unspecified atom stereocenters. The van der Waals surface area contributed by atoms with Crippen LogP contribution in [-0.4, -0.2) is 55.0 Å². The van der Waals surface area contributed by atoms with Crippen molar-refractivity contribution in [2.45, 2.75) is 18.6 Å². The quantitative estimate of drug-likeness (QED) is 0.874. The zero-order valence-electron chi connectivity index (χ0n) is 11.4. The van der Waals surface area contributed by atoms with E-state index in [1.165, 1.54) is 7.11 Å². The first-order valence-electron chi connectivity index (χ1n) is 6.43. The van der Waals surface area contributed by atoms with Crippen molar-refractivity contribution in [3.8, 4) is 11.5 Å². The molecule has 2 heterocycles. The van der Waals surface area contributed by atoms with E-state index in [0.717, 1.165) is 0 Å². The highest BCUT2D eigenvalue weighted by molar-refractivity contribution is 6.03. The van der Waals surface area contributed by atoms with Gasteiger partial charge < -0.3 is 19.5 Å². The van der Waals surface area contributed by atoms with Gasteiger partial charge in [0.2, 0.25) is 0 Å². The van der Waals surface area contributed by atoms with Crippen molar-refractivity contribution in [3.05, 3.63) is 17.7 Å². The van der Waals surface area contributed by atoms with Gasteiger partial charge in [0.25, 0.3) is 5.91 Å². The van der Waals surface area contributed by atoms with Gasteiger partial charge in [0, 0.05) is 25.2 Å². The van der Waals surface area contributed by atoms with Crippen molar-refractivity contribution >= 4 is 17.8 Å². The summed E-state index contributed by atoms with van der Waals surface area (Å²) in [4.78, 5) is 18.6. The van der Waals surface area contributed by atoms with Gasteiger partial charge in [-0.05, 0) is 6.07 Å². The molecular weight excluding hydrogens is 260 g/mol. The Kier molecular flexibility index (Phi) is 3.10. The molecule has 1 amide bonds. The zero-order valence-corrected chi connectivity index (χ0v) is 11.4. The fraction of sp³-hybridized carbons (Fsp3) is 0.429. The molecule has 106 valence electrons. The Morgan fingerprint density at radius 3 is 2.70 bits per heavy atom. The van der Waals surface area contributed by atoms with E-state index in [0.29, 0.717) is 35.7 Å². The number of aliphatic hydroxyl groups excluding tert-OH is 1. The van der Waals surface area contributed by atoms with Gasteiger partial charge in [-0.15, -0.1) is 0 Å². The molecule has 2 aliphatic rings. The summed E-state index contributed by atoms with van der Waals surface area (Å²) in [5.41, 5.74) is 1.03. The number of carbonyl (C=O) groups excluding carboxylic acids is 1. The van der Waals surface area contributed by atoms with Gasteiger partial charge in [-0.2, -0.15) is 0 Å². The van der Waals surface area contributed by atoms with E-state index in [-0.39, 0.29) is 11.9 Å². The van der Waals surface area contributed by atoms with Gasteiger partial charge in [-0.1, -0.05) is 0 Å². The number of methoxy groups -OCH3 is 2. The molecule has 1 fully saturated rings. The molecule has 1 aromatic carbocycles. The van der Waals surface area contributed by atoms with Crippen LogP contribution in [0.3, 0.4) is 0 Å². The molecule has 3 rings (SSSR count). The van der Waals surface area contributed by atoms with E-state index in [4.69, 9.17) is 9.47 Å². The van der Waals surface area contributed by atoms with E-state index < -0.39 is 6.10 Å². The average Bonchev–Trinajstić information content (AvgIpc) is 2.79. The summed E-state index contributed by atoms with van der Waals surface area (Å²) in [6.45, 7) is 0.337. The van der Waals surface area contributed by atoms with Gasteiger partial charge in [0.05, 0.1) is 37.6 Å². The second-order valence-corrected chi connectivity index (χ2v) is 4.92. The SMILES string of the molecule is COc1cc2c(cc1OC)C(=O)N1CC(O)C[C@H]1C=N2. The summed E-state index contributed by atoms with van der Waals surface area (Å²) < 4.78 is 10.5. The van der Waals surface area contributed by atoms with Crippen LogP contribution in [0.5, 0.6) is 11.5 Å². The third kappa shape index (κ3) is 1.92. The van der Waals surface area contributed by atoms with E-state index in [9.17, 15) is 9.90 Å². The number of hydrogen-bond donors (Lipinski definition) is 1. The molecule has 0 bridgehead atoms. The highest BCUT2D eigenvalue weighted by atomic mass is 16.5. The lowest BCUT2D eigenvalue weighted by atomic mass is 10.1. The van der Waals surface area contributed by atoms with Crippen molar-refractivity contribution in [1.29, 1.82) is 0 Å². The molecule has 0 aliphatic carbocycles. The van der Waals surface area contributed by atoms with E-state index in [2.05, 4.69) is 4.99 Å². The van der Waals surface area contributed by atoms with Gasteiger partial charge in [0.1, 0.15) is 0 Å². The predicted octanol–water partition coefficient (Wildman–Crippen LogP) is 0.995. The van der Waals surface area contributed by atoms with Gasteiger partial charge in [-0.25, -0.2) is 0 Å². The van der Waals surface area contributed by atoms with Crippen LogP contribution in [0.1, 0.15) is 16.8 Å². The normalized spacial score (nSPS) is 24.1. The van der Waals surface area contributed by atoms with Crippen LogP contribution in [-0.2, 0) is 0 Å². The minimum absolute atomic E-state index is 0.139. The molecule has 20 heavy (non-hydrogen) atoms. The number of fused-ring (bicyclic) bond motifs is 2. The van der Waals surface area contributed by atoms with E-state index in [1.807, 2.05) is 0 Å². The monoisotopic (exact) mass is 276 g/mol. The summed E-state index contributed by atoms with van der Waals surface area (Å²) in [5, 5.41) is 9.70. The highest BCUT2D eigenvalue weighted by Gasteiger charge is 2.36. The molecule has 1 N–H and O–H groups in total. The zero-order chi connectivity index (χ0) is 14.3. The first kappa shape index (κ1) is 12.9. The lowest BCUT2D eigenvalue weighted by Gasteiger charge is -2.20. The average molecular weight is 276 g/mol. The van der Waals surface area contributed by atoms with Crippen LogP contribution in [0.4, 0.5) is 5.69 Å². The van der Waals surface area contributed by atoms with Gasteiger partial charge in [-0.3, -0.25) is 9.79 Å². The number of nitrogens with zero attached hydrogens (tertiary/aromatic N) is 2. The summed E-state index contributed by atoms with van der Waals surface area (Å²) in [5.74, 6) is 0.895. The Morgan fingerprint density at radius 1 is 1.30 bits per heavy atom. The maximum Gasteiger partial charge on any atom is 0.256 e. The molecule has 6 heteroatoms. The largest absolute Gasteiger partial charge is 0.493 e. The van der Waals surface area contributed by atoms with Crippen LogP contribution in [0, 0.1) is 0 Å². The number of benzene rings is 1. The smallest absolute Gasteiger partial charge is 0.256 e. The molecule has 0 aromatic heterocycles. The fourth-order valence-corrected chi connectivity index (χ4v) is 2.69. The lowest BCUT2D eigenvalue weighted by molar-refractivity contribution is 0.0749. The summed E-state index contributed by atoms with van der Waals surface area (Å²) in [6.07, 6.45) is 1.75. The molecule has 0 saturated carbocycles. The molecule has 0 spiro atoms. The van der Waals surface area contributed by atoms with Gasteiger partial charge >= 0.3 is 0 Å². The van der Waals surface area contributed by atoms with Crippen LogP contribution in [0.25, 0.3) is 0 Å². The Bertz CT molecular complexity index is 585. The molecular formula is C14H16N2O4. The minimum Gasteiger partial charge on any atom is -0.493 e. The molecule has 2 atom stereocenters. The number of aliphatic imine (C=N–C) groups is 1. The van der Waals surface area contributed by atoms with Crippen molar-refractivity contribution < 1.29 is 19.4 Å². The highest BCUT2D eigenvalue weighted by Crippen LogP contribution is 2.37. The van der Waals surface area contributed by atoms with Crippen LogP contribution < -0.4 is 9.47 Å². The molecule has 6 nitrogen and oxygen atoms in total. The number of carbonyl (C=O) groups is 1. The Balaban J connectivity index is 2.08. The molecule has 1 aromatic rings. The third-order valence-corrected chi connectivity index (χ3v) is 3.70. The van der Waals surface area contributed by atoms with E-state index >= 15 is 0 Å². The summed E-state index contributed by atoms with van der Waals surface area (Å²) in [6, 6.07) is 3.18.